The molecule has 0 saturated heterocycles. The zero-order chi connectivity index (χ0) is 14.8. The number of hydrogen-bond donors (Lipinski definition) is 1. The van der Waals surface area contributed by atoms with Gasteiger partial charge in [0.15, 0.2) is 0 Å². The maximum absolute atomic E-state index is 13.9. The molecule has 0 bridgehead atoms. The molecule has 0 aliphatic heterocycles. The predicted octanol–water partition coefficient (Wildman–Crippen LogP) is 4.21. The highest BCUT2D eigenvalue weighted by molar-refractivity contribution is 5.36. The van der Waals surface area contributed by atoms with Gasteiger partial charge in [-0.25, -0.2) is 4.39 Å². The van der Waals surface area contributed by atoms with Crippen LogP contribution in [0.3, 0.4) is 0 Å². The minimum atomic E-state index is -0.192. The highest BCUT2D eigenvalue weighted by Gasteiger charge is 2.18. The molecule has 1 unspecified atom stereocenters. The lowest BCUT2D eigenvalue weighted by Gasteiger charge is -2.21. The first-order chi connectivity index (χ1) is 9.43. The molecule has 0 aromatic heterocycles. The third-order valence-electron chi connectivity index (χ3n) is 3.70. The highest BCUT2D eigenvalue weighted by Crippen LogP contribution is 2.28. The molecule has 1 nitrogen and oxygen atoms in total. The van der Waals surface area contributed by atoms with Gasteiger partial charge < -0.3 is 5.73 Å². The second kappa shape index (κ2) is 5.76. The van der Waals surface area contributed by atoms with Crippen molar-refractivity contribution >= 4 is 0 Å². The summed E-state index contributed by atoms with van der Waals surface area (Å²) in [6.45, 7) is 6.94. The normalized spacial score (nSPS) is 13.2. The van der Waals surface area contributed by atoms with Crippen LogP contribution in [-0.2, 0) is 5.41 Å². The van der Waals surface area contributed by atoms with Gasteiger partial charge in [0.25, 0.3) is 0 Å². The molecule has 0 amide bonds. The Kier molecular flexibility index (Phi) is 4.24. The zero-order valence-corrected chi connectivity index (χ0v) is 12.4. The van der Waals surface area contributed by atoms with Crippen LogP contribution in [0.2, 0.25) is 0 Å². The minimum Gasteiger partial charge on any atom is -0.330 e. The fraction of sp³-hybridized carbons (Fsp3) is 0.333. The summed E-state index contributed by atoms with van der Waals surface area (Å²) in [6, 6.07) is 15.2. The molecule has 2 aromatic carbocycles. The predicted molar refractivity (Wildman–Crippen MR) is 82.4 cm³/mol. The molecule has 2 aromatic rings. The second-order valence-corrected chi connectivity index (χ2v) is 6.18. The lowest BCUT2D eigenvalue weighted by molar-refractivity contribution is 0.587. The Bertz CT molecular complexity index is 567. The van der Waals surface area contributed by atoms with Gasteiger partial charge in [0.1, 0.15) is 5.82 Å². The van der Waals surface area contributed by atoms with Gasteiger partial charge in [-0.3, -0.25) is 0 Å². The Labute approximate surface area is 120 Å². The number of halogens is 1. The fourth-order valence-corrected chi connectivity index (χ4v) is 2.42. The van der Waals surface area contributed by atoms with Crippen LogP contribution >= 0.6 is 0 Å². The number of hydrogen-bond acceptors (Lipinski definition) is 1. The van der Waals surface area contributed by atoms with E-state index in [1.165, 1.54) is 11.6 Å². The van der Waals surface area contributed by atoms with Crippen LogP contribution in [-0.4, -0.2) is 6.54 Å². The molecule has 2 heteroatoms. The van der Waals surface area contributed by atoms with Crippen LogP contribution in [0.25, 0.3) is 0 Å². The summed E-state index contributed by atoms with van der Waals surface area (Å²) in [5, 5.41) is 0. The summed E-state index contributed by atoms with van der Waals surface area (Å²) in [4.78, 5) is 0. The maximum atomic E-state index is 13.9. The molecule has 106 valence electrons. The maximum Gasteiger partial charge on any atom is 0.127 e. The molecule has 2 N–H and O–H groups in total. The lowest BCUT2D eigenvalue weighted by atomic mass is 9.84. The molecule has 2 rings (SSSR count). The van der Waals surface area contributed by atoms with Gasteiger partial charge in [0.2, 0.25) is 0 Å². The summed E-state index contributed by atoms with van der Waals surface area (Å²) >= 11 is 0. The summed E-state index contributed by atoms with van der Waals surface area (Å²) in [6.07, 6.45) is 0. The van der Waals surface area contributed by atoms with Crippen molar-refractivity contribution in [2.75, 3.05) is 6.54 Å². The smallest absolute Gasteiger partial charge is 0.127 e. The lowest BCUT2D eigenvalue weighted by Crippen LogP contribution is -2.16. The molecule has 20 heavy (non-hydrogen) atoms. The van der Waals surface area contributed by atoms with E-state index in [0.29, 0.717) is 12.1 Å². The largest absolute Gasteiger partial charge is 0.330 e. The number of benzene rings is 2. The molecule has 0 aliphatic carbocycles. The van der Waals surface area contributed by atoms with Gasteiger partial charge >= 0.3 is 0 Å². The van der Waals surface area contributed by atoms with E-state index in [9.17, 15) is 4.39 Å². The molecule has 0 saturated carbocycles. The van der Waals surface area contributed by atoms with Gasteiger partial charge in [-0.2, -0.15) is 0 Å². The summed E-state index contributed by atoms with van der Waals surface area (Å²) < 4.78 is 13.9. The van der Waals surface area contributed by atoms with E-state index in [-0.39, 0.29) is 17.2 Å². The van der Waals surface area contributed by atoms with E-state index in [4.69, 9.17) is 5.73 Å². The van der Waals surface area contributed by atoms with Crippen molar-refractivity contribution in [1.29, 1.82) is 0 Å². The third-order valence-corrected chi connectivity index (χ3v) is 3.70. The van der Waals surface area contributed by atoms with Crippen molar-refractivity contribution in [1.82, 2.24) is 0 Å². The quantitative estimate of drug-likeness (QED) is 0.889. The van der Waals surface area contributed by atoms with E-state index >= 15 is 0 Å². The molecule has 0 spiro atoms. The van der Waals surface area contributed by atoms with Gasteiger partial charge in [-0.1, -0.05) is 63.2 Å². The van der Waals surface area contributed by atoms with E-state index in [1.807, 2.05) is 12.1 Å². The standard InChI is InChI=1S/C18H22FN/c1-18(2,3)14-10-8-13(9-11-14)16(12-20)15-6-4-5-7-17(15)19/h4-11,16H,12,20H2,1-3H3. The SMILES string of the molecule is CC(C)(C)c1ccc(C(CN)c2ccccc2F)cc1. The van der Waals surface area contributed by atoms with Crippen LogP contribution in [0.1, 0.15) is 43.4 Å². The summed E-state index contributed by atoms with van der Waals surface area (Å²) in [7, 11) is 0. The van der Waals surface area contributed by atoms with E-state index < -0.39 is 0 Å². The van der Waals surface area contributed by atoms with Crippen LogP contribution in [0.15, 0.2) is 48.5 Å². The Morgan fingerprint density at radius 3 is 2.10 bits per heavy atom. The van der Waals surface area contributed by atoms with E-state index in [1.54, 1.807) is 6.07 Å². The molecule has 0 heterocycles. The Balaban J connectivity index is 2.36. The first-order valence-electron chi connectivity index (χ1n) is 6.98. The van der Waals surface area contributed by atoms with Crippen LogP contribution < -0.4 is 5.73 Å². The summed E-state index contributed by atoms with van der Waals surface area (Å²) in [5.74, 6) is -0.284. The molecule has 0 aliphatic rings. The molecule has 0 radical (unpaired) electrons. The monoisotopic (exact) mass is 271 g/mol. The number of nitrogens with two attached hydrogens (primary N) is 1. The van der Waals surface area contributed by atoms with E-state index in [0.717, 1.165) is 5.56 Å². The van der Waals surface area contributed by atoms with Crippen molar-refractivity contribution < 1.29 is 4.39 Å². The van der Waals surface area contributed by atoms with Gasteiger partial charge in [0, 0.05) is 12.5 Å². The van der Waals surface area contributed by atoms with Gasteiger partial charge in [0.05, 0.1) is 0 Å². The van der Waals surface area contributed by atoms with Crippen molar-refractivity contribution in [3.63, 3.8) is 0 Å². The fourth-order valence-electron chi connectivity index (χ4n) is 2.42. The van der Waals surface area contributed by atoms with Crippen molar-refractivity contribution in [3.8, 4) is 0 Å². The van der Waals surface area contributed by atoms with Crippen molar-refractivity contribution in [2.45, 2.75) is 32.1 Å². The Morgan fingerprint density at radius 2 is 1.60 bits per heavy atom. The van der Waals surface area contributed by atoms with Gasteiger partial charge in [-0.15, -0.1) is 0 Å². The van der Waals surface area contributed by atoms with Crippen LogP contribution in [0, 0.1) is 5.82 Å². The van der Waals surface area contributed by atoms with Crippen LogP contribution in [0.4, 0.5) is 4.39 Å². The Morgan fingerprint density at radius 1 is 1.00 bits per heavy atom. The summed E-state index contributed by atoms with van der Waals surface area (Å²) in [5.41, 5.74) is 8.98. The highest BCUT2D eigenvalue weighted by atomic mass is 19.1. The molecular weight excluding hydrogens is 249 g/mol. The number of rotatable bonds is 3. The second-order valence-electron chi connectivity index (χ2n) is 6.18. The average Bonchev–Trinajstić information content (AvgIpc) is 2.41. The van der Waals surface area contributed by atoms with Crippen LogP contribution in [0.5, 0.6) is 0 Å². The first kappa shape index (κ1) is 14.7. The van der Waals surface area contributed by atoms with Gasteiger partial charge in [-0.05, 0) is 28.2 Å². The Hall–Kier alpha value is -1.67. The molecule has 0 fully saturated rings. The molecular formula is C18H22FN. The zero-order valence-electron chi connectivity index (χ0n) is 12.4. The van der Waals surface area contributed by atoms with Crippen molar-refractivity contribution in [3.05, 3.63) is 71.0 Å². The minimum absolute atomic E-state index is 0.0924. The van der Waals surface area contributed by atoms with Crippen molar-refractivity contribution in [2.24, 2.45) is 5.73 Å². The average molecular weight is 271 g/mol. The first-order valence-corrected chi connectivity index (χ1v) is 6.98. The third kappa shape index (κ3) is 3.07. The van der Waals surface area contributed by atoms with E-state index in [2.05, 4.69) is 45.0 Å². The topological polar surface area (TPSA) is 26.0 Å². The molecule has 1 atom stereocenters.